The molecule has 11 heteroatoms. The van der Waals surface area contributed by atoms with Gasteiger partial charge in [-0.15, -0.1) is 0 Å². The second-order valence-corrected chi connectivity index (χ2v) is 9.65. The largest absolute Gasteiger partial charge is 0.380 e. The summed E-state index contributed by atoms with van der Waals surface area (Å²) >= 11 is 0. The molecule has 4 unspecified atom stereocenters. The van der Waals surface area contributed by atoms with Crippen molar-refractivity contribution in [1.82, 2.24) is 20.7 Å². The highest BCUT2D eigenvalue weighted by atomic mass is 32.2. The molecule has 0 radical (unpaired) electrons. The maximum absolute atomic E-state index is 12.8. The fraction of sp³-hybridized carbons (Fsp3) is 0.350. The Labute approximate surface area is 180 Å². The minimum atomic E-state index is -3.45. The van der Waals surface area contributed by atoms with Gasteiger partial charge in [0.25, 0.3) is 0 Å². The lowest BCUT2D eigenvalue weighted by Gasteiger charge is -2.39. The van der Waals surface area contributed by atoms with Crippen LogP contribution in [0.1, 0.15) is 12.1 Å². The van der Waals surface area contributed by atoms with E-state index in [0.717, 1.165) is 6.26 Å². The summed E-state index contributed by atoms with van der Waals surface area (Å²) in [5.74, 6) is 0.00641. The van der Waals surface area contributed by atoms with Gasteiger partial charge in [-0.3, -0.25) is 15.1 Å². The number of anilines is 2. The molecule has 31 heavy (non-hydrogen) atoms. The quantitative estimate of drug-likeness (QED) is 0.522. The van der Waals surface area contributed by atoms with Crippen molar-refractivity contribution < 1.29 is 13.2 Å². The first-order chi connectivity index (χ1) is 14.8. The van der Waals surface area contributed by atoms with E-state index < -0.39 is 15.8 Å². The second kappa shape index (κ2) is 8.14. The number of rotatable bonds is 5. The summed E-state index contributed by atoms with van der Waals surface area (Å²) in [6.07, 6.45) is 0.995. The van der Waals surface area contributed by atoms with Crippen LogP contribution in [0.3, 0.4) is 0 Å². The SMILES string of the molecule is CN1NC2NC(Nc3cccc(C#N)n3)CC(Nc3ccccc3S(C)(=O)=O)C2C1=O. The Hall–Kier alpha value is -3.20. The van der Waals surface area contributed by atoms with Crippen LogP contribution in [0.25, 0.3) is 0 Å². The first kappa shape index (κ1) is 21.0. The van der Waals surface area contributed by atoms with Crippen molar-refractivity contribution in [2.45, 2.75) is 29.7 Å². The molecule has 0 saturated carbocycles. The van der Waals surface area contributed by atoms with Crippen LogP contribution < -0.4 is 21.4 Å². The number of fused-ring (bicyclic) bond motifs is 1. The highest BCUT2D eigenvalue weighted by molar-refractivity contribution is 7.90. The Morgan fingerprint density at radius 1 is 1.19 bits per heavy atom. The van der Waals surface area contributed by atoms with Crippen molar-refractivity contribution in [2.24, 2.45) is 5.92 Å². The van der Waals surface area contributed by atoms with Gasteiger partial charge in [-0.25, -0.2) is 18.8 Å². The van der Waals surface area contributed by atoms with Gasteiger partial charge in [0.05, 0.1) is 28.8 Å². The molecule has 4 N–H and O–H groups in total. The maximum atomic E-state index is 12.8. The molecule has 1 aromatic carbocycles. The van der Waals surface area contributed by atoms with E-state index in [1.165, 1.54) is 5.01 Å². The minimum Gasteiger partial charge on any atom is -0.380 e. The fourth-order valence-electron chi connectivity index (χ4n) is 4.06. The third kappa shape index (κ3) is 4.32. The molecule has 2 aliphatic heterocycles. The van der Waals surface area contributed by atoms with Gasteiger partial charge >= 0.3 is 0 Å². The summed E-state index contributed by atoms with van der Waals surface area (Å²) in [5.41, 5.74) is 3.86. The number of hydrogen-bond donors (Lipinski definition) is 4. The van der Waals surface area contributed by atoms with E-state index in [-0.39, 0.29) is 29.2 Å². The Morgan fingerprint density at radius 3 is 2.71 bits per heavy atom. The molecule has 2 aliphatic rings. The van der Waals surface area contributed by atoms with Gasteiger partial charge in [0.15, 0.2) is 9.84 Å². The lowest BCUT2D eigenvalue weighted by Crippen LogP contribution is -2.61. The molecule has 0 aliphatic carbocycles. The van der Waals surface area contributed by atoms with Gasteiger partial charge < -0.3 is 10.6 Å². The maximum Gasteiger partial charge on any atom is 0.244 e. The molecule has 4 rings (SSSR count). The zero-order valence-corrected chi connectivity index (χ0v) is 17.8. The molecule has 2 aromatic rings. The van der Waals surface area contributed by atoms with E-state index in [0.29, 0.717) is 23.6 Å². The van der Waals surface area contributed by atoms with Gasteiger partial charge in [0.1, 0.15) is 17.6 Å². The van der Waals surface area contributed by atoms with E-state index in [2.05, 4.69) is 26.4 Å². The van der Waals surface area contributed by atoms with Gasteiger partial charge in [-0.05, 0) is 24.3 Å². The fourth-order valence-corrected chi connectivity index (χ4v) is 4.92. The number of nitrogens with one attached hydrogen (secondary N) is 4. The van der Waals surface area contributed by atoms with E-state index in [4.69, 9.17) is 5.26 Å². The van der Waals surface area contributed by atoms with E-state index in [9.17, 15) is 13.2 Å². The summed E-state index contributed by atoms with van der Waals surface area (Å²) in [7, 11) is -1.79. The second-order valence-electron chi connectivity index (χ2n) is 7.67. The number of amides is 1. The number of carbonyl (C=O) groups is 1. The number of benzene rings is 1. The highest BCUT2D eigenvalue weighted by Gasteiger charge is 2.48. The van der Waals surface area contributed by atoms with E-state index in [1.54, 1.807) is 49.5 Å². The van der Waals surface area contributed by atoms with Crippen molar-refractivity contribution in [2.75, 3.05) is 23.9 Å². The Morgan fingerprint density at radius 2 is 1.97 bits per heavy atom. The van der Waals surface area contributed by atoms with Crippen molar-refractivity contribution in [1.29, 1.82) is 5.26 Å². The van der Waals surface area contributed by atoms with Crippen LogP contribution in [0, 0.1) is 17.2 Å². The molecule has 1 amide bonds. The molecule has 2 saturated heterocycles. The molecule has 162 valence electrons. The molecule has 2 fully saturated rings. The zero-order valence-electron chi connectivity index (χ0n) is 17.0. The molecule has 3 heterocycles. The predicted octanol–water partition coefficient (Wildman–Crippen LogP) is 0.488. The molecule has 10 nitrogen and oxygen atoms in total. The molecule has 1 aromatic heterocycles. The van der Waals surface area contributed by atoms with Crippen LogP contribution in [0.15, 0.2) is 47.4 Å². The van der Waals surface area contributed by atoms with Gasteiger partial charge in [0, 0.05) is 25.8 Å². The third-order valence-corrected chi connectivity index (χ3v) is 6.58. The smallest absolute Gasteiger partial charge is 0.244 e. The molecule has 0 spiro atoms. The van der Waals surface area contributed by atoms with Crippen molar-refractivity contribution in [3.63, 3.8) is 0 Å². The zero-order chi connectivity index (χ0) is 22.2. The molecule has 0 bridgehead atoms. The number of aromatic nitrogens is 1. The molecular weight excluding hydrogens is 418 g/mol. The third-order valence-electron chi connectivity index (χ3n) is 5.42. The number of carbonyl (C=O) groups excluding carboxylic acids is 1. The molecule has 4 atom stereocenters. The highest BCUT2D eigenvalue weighted by Crippen LogP contribution is 2.31. The van der Waals surface area contributed by atoms with Crippen LogP contribution in [0.5, 0.6) is 0 Å². The van der Waals surface area contributed by atoms with Crippen molar-refractivity contribution in [3.8, 4) is 6.07 Å². The number of piperidine rings is 1. The van der Waals surface area contributed by atoms with Crippen molar-refractivity contribution in [3.05, 3.63) is 48.2 Å². The van der Waals surface area contributed by atoms with Gasteiger partial charge in [-0.1, -0.05) is 18.2 Å². The van der Waals surface area contributed by atoms with Crippen LogP contribution >= 0.6 is 0 Å². The average Bonchev–Trinajstić information content (AvgIpc) is 3.01. The summed E-state index contributed by atoms with van der Waals surface area (Å²) < 4.78 is 24.4. The number of hydrazine groups is 1. The number of para-hydroxylation sites is 1. The Balaban J connectivity index is 1.62. The van der Waals surface area contributed by atoms with Crippen LogP contribution in [0.4, 0.5) is 11.5 Å². The monoisotopic (exact) mass is 441 g/mol. The lowest BCUT2D eigenvalue weighted by molar-refractivity contribution is -0.131. The summed E-state index contributed by atoms with van der Waals surface area (Å²) in [6, 6.07) is 13.4. The summed E-state index contributed by atoms with van der Waals surface area (Å²) in [5, 5.41) is 20.4. The van der Waals surface area contributed by atoms with Gasteiger partial charge in [-0.2, -0.15) is 5.26 Å². The van der Waals surface area contributed by atoms with Crippen molar-refractivity contribution >= 4 is 27.2 Å². The lowest BCUT2D eigenvalue weighted by atomic mass is 9.88. The number of nitriles is 1. The standard InChI is InChI=1S/C20H23N7O3S/c1-27-20(28)18-14(23-13-7-3-4-8-15(13)31(2,29)30)10-17(25-19(18)26-27)24-16-9-5-6-12(11-21)22-16/h3-9,14,17-19,23,25-26H,10H2,1-2H3,(H,22,24). The first-order valence-electron chi connectivity index (χ1n) is 9.75. The van der Waals surface area contributed by atoms with E-state index >= 15 is 0 Å². The van der Waals surface area contributed by atoms with Crippen LogP contribution in [0.2, 0.25) is 0 Å². The number of pyridine rings is 1. The number of sulfone groups is 1. The average molecular weight is 442 g/mol. The minimum absolute atomic E-state index is 0.0881. The first-order valence-corrected chi connectivity index (χ1v) is 11.6. The predicted molar refractivity (Wildman–Crippen MR) is 114 cm³/mol. The molecular formula is C20H23N7O3S. The number of hydrogen-bond acceptors (Lipinski definition) is 9. The van der Waals surface area contributed by atoms with Gasteiger partial charge in [0.2, 0.25) is 5.91 Å². The number of nitrogens with zero attached hydrogens (tertiary/aromatic N) is 3. The normalized spacial score (nSPS) is 25.6. The Kier molecular flexibility index (Phi) is 5.53. The van der Waals surface area contributed by atoms with E-state index in [1.807, 2.05) is 6.07 Å². The van der Waals surface area contributed by atoms with Crippen LogP contribution in [-0.2, 0) is 14.6 Å². The Bertz CT molecular complexity index is 1150. The summed E-state index contributed by atoms with van der Waals surface area (Å²) in [4.78, 5) is 17.2. The summed E-state index contributed by atoms with van der Waals surface area (Å²) in [6.45, 7) is 0. The topological polar surface area (TPSA) is 139 Å². The van der Waals surface area contributed by atoms with Crippen LogP contribution in [-0.4, -0.2) is 56.0 Å².